The van der Waals surface area contributed by atoms with Gasteiger partial charge in [0.15, 0.2) is 0 Å². The van der Waals surface area contributed by atoms with Gasteiger partial charge in [0.05, 0.1) is 5.62 Å². The summed E-state index contributed by atoms with van der Waals surface area (Å²) < 4.78 is 11.2. The van der Waals surface area contributed by atoms with Gasteiger partial charge in [-0.2, -0.15) is 0 Å². The molecule has 0 amide bonds. The largest absolute Gasteiger partial charge is 0.343 e. The van der Waals surface area contributed by atoms with E-state index in [1.165, 1.54) is 38.5 Å². The van der Waals surface area contributed by atoms with Crippen molar-refractivity contribution in [2.45, 2.75) is 65.2 Å². The van der Waals surface area contributed by atoms with Crippen molar-refractivity contribution in [2.24, 2.45) is 5.92 Å². The molecule has 0 aliphatic rings. The van der Waals surface area contributed by atoms with Crippen LogP contribution in [-0.4, -0.2) is 16.7 Å². The first-order valence-electron chi connectivity index (χ1n) is 6.85. The molecule has 0 heterocycles. The second-order valence-corrected chi connectivity index (χ2v) is 8.44. The topological polar surface area (TPSA) is 37.3 Å². The van der Waals surface area contributed by atoms with Gasteiger partial charge in [-0.05, 0) is 12.3 Å². The van der Waals surface area contributed by atoms with Gasteiger partial charge in [-0.15, -0.1) is 11.6 Å². The Bertz CT molecular complexity index is 219. The highest BCUT2D eigenvalue weighted by molar-refractivity contribution is 7.59. The third-order valence-corrected chi connectivity index (χ3v) is 5.48. The zero-order valence-corrected chi connectivity index (χ0v) is 13.0. The molecular weight excluding hydrogens is 255 g/mol. The van der Waals surface area contributed by atoms with Crippen molar-refractivity contribution in [3.8, 4) is 0 Å². The molecule has 1 atom stereocenters. The minimum atomic E-state index is -2.99. The standard InChI is InChI=1S/C13H28ClO2P/c1-13(2)10-8-6-4-3-5-7-9-11-17(15,16)12-14/h13H,3-12H2,1-2H3,(H,15,16). The van der Waals surface area contributed by atoms with Crippen LogP contribution in [0.3, 0.4) is 0 Å². The summed E-state index contributed by atoms with van der Waals surface area (Å²) in [6, 6.07) is 0. The van der Waals surface area contributed by atoms with Gasteiger partial charge >= 0.3 is 0 Å². The second kappa shape index (κ2) is 10.4. The number of hydrogen-bond donors (Lipinski definition) is 1. The van der Waals surface area contributed by atoms with E-state index in [9.17, 15) is 9.46 Å². The van der Waals surface area contributed by atoms with E-state index in [2.05, 4.69) is 13.8 Å². The summed E-state index contributed by atoms with van der Waals surface area (Å²) in [5.74, 6) is 0.823. The van der Waals surface area contributed by atoms with Gasteiger partial charge in [-0.1, -0.05) is 58.8 Å². The molecule has 17 heavy (non-hydrogen) atoms. The van der Waals surface area contributed by atoms with Gasteiger partial charge < -0.3 is 4.89 Å². The number of halogens is 1. The summed E-state index contributed by atoms with van der Waals surface area (Å²) in [7, 11) is -2.99. The fourth-order valence-electron chi connectivity index (χ4n) is 1.86. The Labute approximate surface area is 112 Å². The van der Waals surface area contributed by atoms with E-state index in [-0.39, 0.29) is 5.62 Å². The van der Waals surface area contributed by atoms with Crippen molar-refractivity contribution < 1.29 is 9.46 Å². The molecule has 0 aromatic rings. The molecule has 104 valence electrons. The third-order valence-electron chi connectivity index (χ3n) is 2.98. The van der Waals surface area contributed by atoms with Crippen LogP contribution in [0.5, 0.6) is 0 Å². The molecule has 1 N–H and O–H groups in total. The van der Waals surface area contributed by atoms with Gasteiger partial charge in [0, 0.05) is 6.16 Å². The van der Waals surface area contributed by atoms with Crippen LogP contribution in [0.15, 0.2) is 0 Å². The number of alkyl halides is 1. The number of hydrogen-bond acceptors (Lipinski definition) is 1. The molecule has 0 aromatic carbocycles. The Balaban J connectivity index is 3.17. The summed E-state index contributed by atoms with van der Waals surface area (Å²) in [6.07, 6.45) is 10.1. The molecule has 0 bridgehead atoms. The molecule has 4 heteroatoms. The smallest absolute Gasteiger partial charge is 0.214 e. The van der Waals surface area contributed by atoms with E-state index >= 15 is 0 Å². The van der Waals surface area contributed by atoms with E-state index < -0.39 is 7.37 Å². The lowest BCUT2D eigenvalue weighted by Gasteiger charge is -2.07. The molecule has 2 nitrogen and oxygen atoms in total. The Morgan fingerprint density at radius 1 is 1.00 bits per heavy atom. The summed E-state index contributed by atoms with van der Waals surface area (Å²) in [4.78, 5) is 9.27. The van der Waals surface area contributed by atoms with Gasteiger partial charge in [0.25, 0.3) is 0 Å². The van der Waals surface area contributed by atoms with E-state index in [1.807, 2.05) is 0 Å². The van der Waals surface area contributed by atoms with Crippen molar-refractivity contribution in [3.05, 3.63) is 0 Å². The summed E-state index contributed by atoms with van der Waals surface area (Å²) >= 11 is 5.40. The lowest BCUT2D eigenvalue weighted by atomic mass is 10.0. The Morgan fingerprint density at radius 3 is 1.94 bits per heavy atom. The maximum Gasteiger partial charge on any atom is 0.214 e. The predicted molar refractivity (Wildman–Crippen MR) is 77.2 cm³/mol. The van der Waals surface area contributed by atoms with Crippen molar-refractivity contribution in [3.63, 3.8) is 0 Å². The van der Waals surface area contributed by atoms with E-state index in [1.54, 1.807) is 0 Å². The first kappa shape index (κ1) is 17.5. The Kier molecular flexibility index (Phi) is 10.7. The summed E-state index contributed by atoms with van der Waals surface area (Å²) in [5.41, 5.74) is -0.0950. The molecule has 0 aliphatic carbocycles. The lowest BCUT2D eigenvalue weighted by molar-refractivity contribution is 0.478. The highest BCUT2D eigenvalue weighted by Crippen LogP contribution is 2.42. The Hall–Kier alpha value is 0.480. The van der Waals surface area contributed by atoms with Crippen LogP contribution in [0, 0.1) is 5.92 Å². The van der Waals surface area contributed by atoms with Crippen LogP contribution in [0.25, 0.3) is 0 Å². The molecule has 0 radical (unpaired) electrons. The predicted octanol–water partition coefficient (Wildman–Crippen LogP) is 5.23. The fraction of sp³-hybridized carbons (Fsp3) is 1.00. The maximum absolute atomic E-state index is 11.2. The first-order chi connectivity index (χ1) is 7.98. The van der Waals surface area contributed by atoms with E-state index in [0.717, 1.165) is 18.8 Å². The molecule has 0 rings (SSSR count). The highest BCUT2D eigenvalue weighted by Gasteiger charge is 2.14. The number of unbranched alkanes of at least 4 members (excludes halogenated alkanes) is 6. The van der Waals surface area contributed by atoms with Crippen molar-refractivity contribution in [2.75, 3.05) is 11.8 Å². The second-order valence-electron chi connectivity index (χ2n) is 5.35. The molecule has 1 unspecified atom stereocenters. The quantitative estimate of drug-likeness (QED) is 0.320. The third kappa shape index (κ3) is 12.7. The molecular formula is C13H28ClO2P. The number of rotatable bonds is 11. The van der Waals surface area contributed by atoms with Crippen molar-refractivity contribution >= 4 is 19.0 Å². The summed E-state index contributed by atoms with van der Waals surface area (Å²) in [5, 5.41) is 0. The van der Waals surface area contributed by atoms with Crippen LogP contribution in [-0.2, 0) is 4.57 Å². The van der Waals surface area contributed by atoms with Crippen molar-refractivity contribution in [1.29, 1.82) is 0 Å². The van der Waals surface area contributed by atoms with E-state index in [0.29, 0.717) is 6.16 Å². The first-order valence-corrected chi connectivity index (χ1v) is 9.41. The van der Waals surface area contributed by atoms with Crippen LogP contribution < -0.4 is 0 Å². The zero-order valence-electron chi connectivity index (χ0n) is 11.3. The van der Waals surface area contributed by atoms with Gasteiger partial charge in [0.1, 0.15) is 0 Å². The van der Waals surface area contributed by atoms with Crippen LogP contribution in [0.2, 0.25) is 0 Å². The zero-order chi connectivity index (χ0) is 13.1. The average molecular weight is 283 g/mol. The monoisotopic (exact) mass is 282 g/mol. The molecule has 0 spiro atoms. The van der Waals surface area contributed by atoms with Crippen molar-refractivity contribution in [1.82, 2.24) is 0 Å². The van der Waals surface area contributed by atoms with E-state index in [4.69, 9.17) is 11.6 Å². The SMILES string of the molecule is CC(C)CCCCCCCCCP(=O)(O)CCl. The van der Waals surface area contributed by atoms with Crippen LogP contribution in [0.1, 0.15) is 65.2 Å². The summed E-state index contributed by atoms with van der Waals surface area (Å²) in [6.45, 7) is 4.54. The van der Waals surface area contributed by atoms with Crippen LogP contribution >= 0.6 is 19.0 Å². The van der Waals surface area contributed by atoms with Gasteiger partial charge in [0.2, 0.25) is 7.37 Å². The highest BCUT2D eigenvalue weighted by atomic mass is 35.5. The molecule has 0 aliphatic heterocycles. The van der Waals surface area contributed by atoms with Gasteiger partial charge in [-0.25, -0.2) is 0 Å². The maximum atomic E-state index is 11.2. The molecule has 0 saturated carbocycles. The molecule has 0 fully saturated rings. The van der Waals surface area contributed by atoms with Gasteiger partial charge in [-0.3, -0.25) is 4.57 Å². The van der Waals surface area contributed by atoms with Crippen LogP contribution in [0.4, 0.5) is 0 Å². The fourth-order valence-corrected chi connectivity index (χ4v) is 3.05. The Morgan fingerprint density at radius 2 is 1.47 bits per heavy atom. The minimum absolute atomic E-state index is 0.0950. The average Bonchev–Trinajstić information content (AvgIpc) is 2.26. The molecule has 0 aromatic heterocycles. The minimum Gasteiger partial charge on any atom is -0.343 e. The lowest BCUT2D eigenvalue weighted by Crippen LogP contribution is -1.91. The normalized spacial score (nSPS) is 15.1. The molecule has 0 saturated heterocycles.